The molecule has 2 saturated heterocycles. The van der Waals surface area contributed by atoms with Crippen LogP contribution in [-0.2, 0) is 4.74 Å². The Morgan fingerprint density at radius 2 is 2.14 bits per heavy atom. The molecule has 3 nitrogen and oxygen atoms in total. The highest BCUT2D eigenvalue weighted by molar-refractivity contribution is 4.92. The fraction of sp³-hybridized carbons (Fsp3) is 1.00. The Morgan fingerprint density at radius 3 is 2.93 bits per heavy atom. The third kappa shape index (κ3) is 1.95. The van der Waals surface area contributed by atoms with Crippen molar-refractivity contribution in [1.29, 1.82) is 0 Å². The average molecular weight is 198 g/mol. The maximum Gasteiger partial charge on any atom is 0.0481 e. The zero-order chi connectivity index (χ0) is 9.97. The molecule has 0 radical (unpaired) electrons. The monoisotopic (exact) mass is 198 g/mol. The van der Waals surface area contributed by atoms with Crippen molar-refractivity contribution >= 4 is 0 Å². The van der Waals surface area contributed by atoms with E-state index in [9.17, 15) is 0 Å². The highest BCUT2D eigenvalue weighted by Gasteiger charge is 2.39. The Morgan fingerprint density at radius 1 is 1.36 bits per heavy atom. The van der Waals surface area contributed by atoms with Gasteiger partial charge in [0.15, 0.2) is 0 Å². The number of ether oxygens (including phenoxy) is 1. The van der Waals surface area contributed by atoms with Crippen molar-refractivity contribution in [3.05, 3.63) is 0 Å². The van der Waals surface area contributed by atoms with Gasteiger partial charge < -0.3 is 15.4 Å². The first-order valence-electron chi connectivity index (χ1n) is 5.81. The molecule has 2 rings (SSSR count). The molecule has 0 saturated carbocycles. The summed E-state index contributed by atoms with van der Waals surface area (Å²) in [7, 11) is 2.25. The largest absolute Gasteiger partial charge is 0.381 e. The van der Waals surface area contributed by atoms with Crippen LogP contribution in [0.5, 0.6) is 0 Å². The van der Waals surface area contributed by atoms with Gasteiger partial charge in [0.25, 0.3) is 0 Å². The van der Waals surface area contributed by atoms with Crippen molar-refractivity contribution in [3.63, 3.8) is 0 Å². The van der Waals surface area contributed by atoms with Gasteiger partial charge in [0, 0.05) is 25.8 Å². The summed E-state index contributed by atoms with van der Waals surface area (Å²) in [5.74, 6) is 1.66. The lowest BCUT2D eigenvalue weighted by Crippen LogP contribution is -2.29. The van der Waals surface area contributed by atoms with E-state index in [0.717, 1.165) is 37.6 Å². The smallest absolute Gasteiger partial charge is 0.0481 e. The normalized spacial score (nSPS) is 39.4. The van der Waals surface area contributed by atoms with Crippen molar-refractivity contribution in [3.8, 4) is 0 Å². The lowest BCUT2D eigenvalue weighted by atomic mass is 9.85. The zero-order valence-electron chi connectivity index (χ0n) is 9.11. The van der Waals surface area contributed by atoms with E-state index in [0.29, 0.717) is 0 Å². The van der Waals surface area contributed by atoms with Crippen LogP contribution in [0.4, 0.5) is 0 Å². The standard InChI is InChI=1S/C11H22N2O/c1-13-8-9(2-5-12)10-3-6-14-7-4-11(10)13/h9-11H,2-8,12H2,1H3. The minimum Gasteiger partial charge on any atom is -0.381 e. The topological polar surface area (TPSA) is 38.5 Å². The number of likely N-dealkylation sites (tertiary alicyclic amines) is 1. The number of nitrogens with two attached hydrogens (primary N) is 1. The van der Waals surface area contributed by atoms with E-state index in [1.807, 2.05) is 0 Å². The van der Waals surface area contributed by atoms with Gasteiger partial charge in [-0.2, -0.15) is 0 Å². The van der Waals surface area contributed by atoms with Crippen LogP contribution >= 0.6 is 0 Å². The van der Waals surface area contributed by atoms with E-state index >= 15 is 0 Å². The van der Waals surface area contributed by atoms with Crippen LogP contribution < -0.4 is 5.73 Å². The van der Waals surface area contributed by atoms with Crippen LogP contribution in [0.25, 0.3) is 0 Å². The lowest BCUT2D eigenvalue weighted by Gasteiger charge is -2.23. The van der Waals surface area contributed by atoms with Crippen molar-refractivity contribution in [2.45, 2.75) is 25.3 Å². The van der Waals surface area contributed by atoms with Crippen molar-refractivity contribution in [2.24, 2.45) is 17.6 Å². The van der Waals surface area contributed by atoms with E-state index in [-0.39, 0.29) is 0 Å². The SMILES string of the molecule is CN1CC(CCN)C2CCOCCC21. The molecule has 0 aromatic carbocycles. The summed E-state index contributed by atoms with van der Waals surface area (Å²) in [6.45, 7) is 3.98. The predicted octanol–water partition coefficient (Wildman–Crippen LogP) is 0.692. The first-order chi connectivity index (χ1) is 6.83. The summed E-state index contributed by atoms with van der Waals surface area (Å²) < 4.78 is 5.55. The Bertz CT molecular complexity index is 186. The quantitative estimate of drug-likeness (QED) is 0.709. The van der Waals surface area contributed by atoms with Crippen LogP contribution in [0.1, 0.15) is 19.3 Å². The molecule has 82 valence electrons. The van der Waals surface area contributed by atoms with Crippen LogP contribution in [0, 0.1) is 11.8 Å². The van der Waals surface area contributed by atoms with Crippen LogP contribution in [0.3, 0.4) is 0 Å². The molecule has 2 heterocycles. The molecule has 2 N–H and O–H groups in total. The molecule has 3 heteroatoms. The molecule has 0 aromatic heterocycles. The highest BCUT2D eigenvalue weighted by atomic mass is 16.5. The molecular weight excluding hydrogens is 176 g/mol. The second kappa shape index (κ2) is 4.60. The first kappa shape index (κ1) is 10.4. The van der Waals surface area contributed by atoms with Crippen molar-refractivity contribution in [2.75, 3.05) is 33.4 Å². The molecule has 0 spiro atoms. The fourth-order valence-corrected chi connectivity index (χ4v) is 3.19. The maximum atomic E-state index is 5.66. The summed E-state index contributed by atoms with van der Waals surface area (Å²) in [5.41, 5.74) is 5.66. The Kier molecular flexibility index (Phi) is 3.42. The maximum absolute atomic E-state index is 5.66. The number of fused-ring (bicyclic) bond motifs is 1. The van der Waals surface area contributed by atoms with E-state index in [2.05, 4.69) is 11.9 Å². The Balaban J connectivity index is 2.01. The summed E-state index contributed by atoms with van der Waals surface area (Å²) in [6.07, 6.45) is 3.63. The summed E-state index contributed by atoms with van der Waals surface area (Å²) in [4.78, 5) is 2.51. The van der Waals surface area contributed by atoms with Gasteiger partial charge in [-0.05, 0) is 44.7 Å². The van der Waals surface area contributed by atoms with E-state index in [1.165, 1.54) is 25.8 Å². The molecule has 0 amide bonds. The van der Waals surface area contributed by atoms with Gasteiger partial charge in [-0.15, -0.1) is 0 Å². The molecule has 0 aliphatic carbocycles. The molecule has 3 unspecified atom stereocenters. The predicted molar refractivity (Wildman–Crippen MR) is 57.1 cm³/mol. The number of nitrogens with zero attached hydrogens (tertiary/aromatic N) is 1. The molecule has 2 aliphatic heterocycles. The molecule has 3 atom stereocenters. The van der Waals surface area contributed by atoms with Gasteiger partial charge in [-0.1, -0.05) is 0 Å². The second-order valence-corrected chi connectivity index (χ2v) is 4.70. The Hall–Kier alpha value is -0.120. The molecular formula is C11H22N2O. The van der Waals surface area contributed by atoms with E-state index in [1.54, 1.807) is 0 Å². The minimum atomic E-state index is 0.758. The lowest BCUT2D eigenvalue weighted by molar-refractivity contribution is 0.132. The first-order valence-corrected chi connectivity index (χ1v) is 5.81. The average Bonchev–Trinajstić information content (AvgIpc) is 2.41. The van der Waals surface area contributed by atoms with Crippen LogP contribution in [0.15, 0.2) is 0 Å². The van der Waals surface area contributed by atoms with Crippen molar-refractivity contribution in [1.82, 2.24) is 4.90 Å². The van der Waals surface area contributed by atoms with Gasteiger partial charge in [0.05, 0.1) is 0 Å². The summed E-state index contributed by atoms with van der Waals surface area (Å²) in [5, 5.41) is 0. The Labute approximate surface area is 86.6 Å². The second-order valence-electron chi connectivity index (χ2n) is 4.70. The van der Waals surface area contributed by atoms with Crippen LogP contribution in [0.2, 0.25) is 0 Å². The minimum absolute atomic E-state index is 0.758. The highest BCUT2D eigenvalue weighted by Crippen LogP contribution is 2.36. The zero-order valence-corrected chi connectivity index (χ0v) is 9.11. The molecule has 2 fully saturated rings. The van der Waals surface area contributed by atoms with Crippen LogP contribution in [-0.4, -0.2) is 44.3 Å². The number of hydrogen-bond acceptors (Lipinski definition) is 3. The summed E-state index contributed by atoms with van der Waals surface area (Å²) >= 11 is 0. The van der Waals surface area contributed by atoms with Gasteiger partial charge in [0.2, 0.25) is 0 Å². The fourth-order valence-electron chi connectivity index (χ4n) is 3.19. The van der Waals surface area contributed by atoms with E-state index in [4.69, 9.17) is 10.5 Å². The summed E-state index contributed by atoms with van der Waals surface area (Å²) in [6, 6.07) is 0.758. The third-order valence-corrected chi connectivity index (χ3v) is 3.88. The number of rotatable bonds is 2. The van der Waals surface area contributed by atoms with E-state index < -0.39 is 0 Å². The van der Waals surface area contributed by atoms with Gasteiger partial charge in [-0.25, -0.2) is 0 Å². The van der Waals surface area contributed by atoms with Gasteiger partial charge in [-0.3, -0.25) is 0 Å². The van der Waals surface area contributed by atoms with Crippen molar-refractivity contribution < 1.29 is 4.74 Å². The molecule has 0 aromatic rings. The molecule has 14 heavy (non-hydrogen) atoms. The number of hydrogen-bond donors (Lipinski definition) is 1. The molecule has 2 aliphatic rings. The van der Waals surface area contributed by atoms with Gasteiger partial charge in [0.1, 0.15) is 0 Å². The van der Waals surface area contributed by atoms with Gasteiger partial charge >= 0.3 is 0 Å². The third-order valence-electron chi connectivity index (χ3n) is 3.88. The molecule has 0 bridgehead atoms.